The van der Waals surface area contributed by atoms with Crippen molar-refractivity contribution in [3.8, 4) is 0 Å². The van der Waals surface area contributed by atoms with Gasteiger partial charge in [-0.2, -0.15) is 0 Å². The summed E-state index contributed by atoms with van der Waals surface area (Å²) < 4.78 is 0. The van der Waals surface area contributed by atoms with E-state index in [-0.39, 0.29) is 6.03 Å². The fourth-order valence-corrected chi connectivity index (χ4v) is 2.13. The molecule has 0 unspecified atom stereocenters. The molecule has 102 valence electrons. The minimum atomic E-state index is -0.221. The lowest BCUT2D eigenvalue weighted by atomic mass is 10.4. The van der Waals surface area contributed by atoms with Gasteiger partial charge in [-0.05, 0) is 19.5 Å². The zero-order valence-corrected chi connectivity index (χ0v) is 12.0. The van der Waals surface area contributed by atoms with Gasteiger partial charge in [-0.25, -0.2) is 4.79 Å². The van der Waals surface area contributed by atoms with Crippen LogP contribution >= 0.6 is 11.3 Å². The second kappa shape index (κ2) is 7.99. The largest absolute Gasteiger partial charge is 0.337 e. The average Bonchev–Trinajstić information content (AvgIpc) is 2.82. The Kier molecular flexibility index (Phi) is 6.59. The standard InChI is InChI=1S/C11H21N5OS/c1-4-9-14-15-11(18-9)13-10(17)12-7-8-16(5-2)6-3/h4-8H2,1-3H3,(H2,12,13,15,17). The van der Waals surface area contributed by atoms with Gasteiger partial charge in [-0.15, -0.1) is 10.2 Å². The molecule has 0 aliphatic carbocycles. The maximum absolute atomic E-state index is 11.6. The van der Waals surface area contributed by atoms with Crippen LogP contribution in [0.3, 0.4) is 0 Å². The summed E-state index contributed by atoms with van der Waals surface area (Å²) in [4.78, 5) is 13.8. The van der Waals surface area contributed by atoms with E-state index in [4.69, 9.17) is 0 Å². The van der Waals surface area contributed by atoms with Crippen LogP contribution < -0.4 is 10.6 Å². The minimum absolute atomic E-state index is 0.221. The summed E-state index contributed by atoms with van der Waals surface area (Å²) in [6.45, 7) is 9.71. The number of amides is 2. The number of hydrogen-bond acceptors (Lipinski definition) is 5. The van der Waals surface area contributed by atoms with Crippen molar-refractivity contribution in [1.29, 1.82) is 0 Å². The maximum Gasteiger partial charge on any atom is 0.321 e. The van der Waals surface area contributed by atoms with Crippen LogP contribution in [-0.4, -0.2) is 47.3 Å². The number of rotatable bonds is 7. The number of carbonyl (C=O) groups excluding carboxylic acids is 1. The summed E-state index contributed by atoms with van der Waals surface area (Å²) in [5.41, 5.74) is 0. The maximum atomic E-state index is 11.6. The summed E-state index contributed by atoms with van der Waals surface area (Å²) in [5, 5.41) is 14.8. The van der Waals surface area contributed by atoms with Crippen molar-refractivity contribution < 1.29 is 4.79 Å². The Hall–Kier alpha value is -1.21. The molecular weight excluding hydrogens is 250 g/mol. The molecule has 7 heteroatoms. The van der Waals surface area contributed by atoms with Crippen LogP contribution in [0, 0.1) is 0 Å². The quantitative estimate of drug-likeness (QED) is 0.789. The second-order valence-electron chi connectivity index (χ2n) is 3.76. The van der Waals surface area contributed by atoms with Gasteiger partial charge in [0.25, 0.3) is 0 Å². The number of nitrogens with one attached hydrogen (secondary N) is 2. The van der Waals surface area contributed by atoms with Crippen LogP contribution in [0.2, 0.25) is 0 Å². The SMILES string of the molecule is CCc1nnc(NC(=O)NCCN(CC)CC)s1. The first-order chi connectivity index (χ1) is 8.69. The molecule has 1 aromatic rings. The van der Waals surface area contributed by atoms with E-state index in [1.165, 1.54) is 11.3 Å². The molecule has 2 N–H and O–H groups in total. The highest BCUT2D eigenvalue weighted by atomic mass is 32.1. The van der Waals surface area contributed by atoms with E-state index in [2.05, 4.69) is 39.6 Å². The minimum Gasteiger partial charge on any atom is -0.337 e. The van der Waals surface area contributed by atoms with Crippen molar-refractivity contribution in [3.05, 3.63) is 5.01 Å². The van der Waals surface area contributed by atoms with Crippen molar-refractivity contribution >= 4 is 22.5 Å². The number of nitrogens with zero attached hydrogens (tertiary/aromatic N) is 3. The summed E-state index contributed by atoms with van der Waals surface area (Å²) in [7, 11) is 0. The Balaban J connectivity index is 2.25. The van der Waals surface area contributed by atoms with Crippen LogP contribution in [0.1, 0.15) is 25.8 Å². The normalized spacial score (nSPS) is 10.7. The number of aryl methyl sites for hydroxylation is 1. The van der Waals surface area contributed by atoms with E-state index in [1.807, 2.05) is 6.92 Å². The predicted octanol–water partition coefficient (Wildman–Crippen LogP) is 1.56. The van der Waals surface area contributed by atoms with Crippen molar-refractivity contribution in [3.63, 3.8) is 0 Å². The lowest BCUT2D eigenvalue weighted by Gasteiger charge is -2.17. The number of likely N-dealkylation sites (N-methyl/N-ethyl adjacent to an activating group) is 1. The van der Waals surface area contributed by atoms with Crippen molar-refractivity contribution in [2.75, 3.05) is 31.5 Å². The van der Waals surface area contributed by atoms with E-state index in [0.717, 1.165) is 31.1 Å². The molecule has 1 aromatic heterocycles. The fourth-order valence-electron chi connectivity index (χ4n) is 1.46. The first-order valence-electron chi connectivity index (χ1n) is 6.29. The van der Waals surface area contributed by atoms with Gasteiger partial charge >= 0.3 is 6.03 Å². The number of carbonyl (C=O) groups is 1. The highest BCUT2D eigenvalue weighted by molar-refractivity contribution is 7.15. The first-order valence-corrected chi connectivity index (χ1v) is 7.10. The molecule has 0 aliphatic rings. The Labute approximate surface area is 112 Å². The molecule has 18 heavy (non-hydrogen) atoms. The van der Waals surface area contributed by atoms with Gasteiger partial charge in [0.1, 0.15) is 5.01 Å². The number of urea groups is 1. The Bertz CT molecular complexity index is 364. The molecule has 1 rings (SSSR count). The van der Waals surface area contributed by atoms with E-state index >= 15 is 0 Å². The van der Waals surface area contributed by atoms with Crippen LogP contribution in [0.15, 0.2) is 0 Å². The summed E-state index contributed by atoms with van der Waals surface area (Å²) in [6, 6.07) is -0.221. The van der Waals surface area contributed by atoms with Crippen molar-refractivity contribution in [1.82, 2.24) is 20.4 Å². The molecule has 0 bridgehead atoms. The topological polar surface area (TPSA) is 70.1 Å². The van der Waals surface area contributed by atoms with Crippen molar-refractivity contribution in [2.45, 2.75) is 27.2 Å². The fraction of sp³-hybridized carbons (Fsp3) is 0.727. The van der Waals surface area contributed by atoms with E-state index < -0.39 is 0 Å². The van der Waals surface area contributed by atoms with Crippen LogP contribution in [0.4, 0.5) is 9.93 Å². The molecule has 2 amide bonds. The van der Waals surface area contributed by atoms with Crippen LogP contribution in [-0.2, 0) is 6.42 Å². The molecule has 0 saturated carbocycles. The lowest BCUT2D eigenvalue weighted by Crippen LogP contribution is -2.36. The monoisotopic (exact) mass is 271 g/mol. The molecule has 0 spiro atoms. The highest BCUT2D eigenvalue weighted by Crippen LogP contribution is 2.14. The van der Waals surface area contributed by atoms with Gasteiger partial charge in [0, 0.05) is 13.1 Å². The van der Waals surface area contributed by atoms with Crippen LogP contribution in [0.25, 0.3) is 0 Å². The van der Waals surface area contributed by atoms with Crippen LogP contribution in [0.5, 0.6) is 0 Å². The number of hydrogen-bond donors (Lipinski definition) is 2. The summed E-state index contributed by atoms with van der Waals surface area (Å²) in [6.07, 6.45) is 0.836. The number of aromatic nitrogens is 2. The molecule has 0 fully saturated rings. The summed E-state index contributed by atoms with van der Waals surface area (Å²) in [5.74, 6) is 0. The highest BCUT2D eigenvalue weighted by Gasteiger charge is 2.07. The Morgan fingerprint density at radius 2 is 2.00 bits per heavy atom. The van der Waals surface area contributed by atoms with Gasteiger partial charge < -0.3 is 10.2 Å². The first kappa shape index (κ1) is 14.8. The number of anilines is 1. The molecule has 6 nitrogen and oxygen atoms in total. The summed E-state index contributed by atoms with van der Waals surface area (Å²) >= 11 is 1.41. The Morgan fingerprint density at radius 1 is 1.28 bits per heavy atom. The molecule has 0 aromatic carbocycles. The smallest absolute Gasteiger partial charge is 0.321 e. The molecular formula is C11H21N5OS. The molecule has 0 radical (unpaired) electrons. The van der Waals surface area contributed by atoms with Gasteiger partial charge in [0.05, 0.1) is 0 Å². The third kappa shape index (κ3) is 4.97. The van der Waals surface area contributed by atoms with Gasteiger partial charge in [0.15, 0.2) is 0 Å². The molecule has 0 atom stereocenters. The van der Waals surface area contributed by atoms with E-state index in [1.54, 1.807) is 0 Å². The molecule has 0 saturated heterocycles. The average molecular weight is 271 g/mol. The predicted molar refractivity (Wildman–Crippen MR) is 74.1 cm³/mol. The third-order valence-electron chi connectivity index (χ3n) is 2.60. The zero-order valence-electron chi connectivity index (χ0n) is 11.2. The zero-order chi connectivity index (χ0) is 13.4. The van der Waals surface area contributed by atoms with Gasteiger partial charge in [0.2, 0.25) is 5.13 Å². The van der Waals surface area contributed by atoms with Gasteiger partial charge in [-0.3, -0.25) is 5.32 Å². The third-order valence-corrected chi connectivity index (χ3v) is 3.58. The molecule has 0 aliphatic heterocycles. The molecule has 1 heterocycles. The van der Waals surface area contributed by atoms with Crippen molar-refractivity contribution in [2.24, 2.45) is 0 Å². The lowest BCUT2D eigenvalue weighted by molar-refractivity contribution is 0.248. The second-order valence-corrected chi connectivity index (χ2v) is 4.82. The van der Waals surface area contributed by atoms with E-state index in [9.17, 15) is 4.79 Å². The van der Waals surface area contributed by atoms with Gasteiger partial charge in [-0.1, -0.05) is 32.1 Å². The Morgan fingerprint density at radius 3 is 2.56 bits per heavy atom. The van der Waals surface area contributed by atoms with E-state index in [0.29, 0.717) is 11.7 Å².